The van der Waals surface area contributed by atoms with E-state index in [9.17, 15) is 0 Å². The summed E-state index contributed by atoms with van der Waals surface area (Å²) in [5.74, 6) is 0. The number of H-pyrrole nitrogens is 1. The highest BCUT2D eigenvalue weighted by atomic mass is 15.1. The van der Waals surface area contributed by atoms with Crippen molar-refractivity contribution < 1.29 is 0 Å². The summed E-state index contributed by atoms with van der Waals surface area (Å²) in [6, 6.07) is 4.56. The zero-order chi connectivity index (χ0) is 14.8. The summed E-state index contributed by atoms with van der Waals surface area (Å²) in [4.78, 5) is 10.1. The number of hydrogen-bond acceptors (Lipinski definition) is 3. The lowest BCUT2D eigenvalue weighted by Gasteiger charge is -2.31. The summed E-state index contributed by atoms with van der Waals surface area (Å²) in [6.45, 7) is 2.42. The molecule has 0 saturated carbocycles. The summed E-state index contributed by atoms with van der Waals surface area (Å²) in [5.41, 5.74) is 3.42. The molecular weight excluding hydrogens is 272 g/mol. The maximum atomic E-state index is 4.43. The van der Waals surface area contributed by atoms with Crippen molar-refractivity contribution in [2.75, 3.05) is 18.4 Å². The maximum absolute atomic E-state index is 4.43. The Labute approximate surface area is 130 Å². The SMILES string of the molecule is C1=CC(Nc2cnc3[nH]ccc3c2)CC=C1N1CCCCC1. The van der Waals surface area contributed by atoms with Crippen LogP contribution in [0.1, 0.15) is 25.7 Å². The molecule has 4 rings (SSSR count). The number of likely N-dealkylation sites (tertiary alicyclic amines) is 1. The monoisotopic (exact) mass is 294 g/mol. The number of hydrogen-bond donors (Lipinski definition) is 2. The van der Waals surface area contributed by atoms with Gasteiger partial charge in [-0.3, -0.25) is 0 Å². The van der Waals surface area contributed by atoms with Crippen LogP contribution in [-0.2, 0) is 0 Å². The van der Waals surface area contributed by atoms with Crippen LogP contribution in [-0.4, -0.2) is 34.0 Å². The summed E-state index contributed by atoms with van der Waals surface area (Å²) in [5, 5.41) is 4.71. The third-order valence-corrected chi connectivity index (χ3v) is 4.55. The largest absolute Gasteiger partial charge is 0.377 e. The number of nitrogens with zero attached hydrogens (tertiary/aromatic N) is 2. The van der Waals surface area contributed by atoms with Gasteiger partial charge in [0.05, 0.1) is 11.9 Å². The molecule has 2 aromatic heterocycles. The second-order valence-electron chi connectivity index (χ2n) is 6.16. The van der Waals surface area contributed by atoms with E-state index in [0.29, 0.717) is 6.04 Å². The first-order valence-corrected chi connectivity index (χ1v) is 8.21. The third kappa shape index (κ3) is 2.73. The van der Waals surface area contributed by atoms with E-state index >= 15 is 0 Å². The maximum Gasteiger partial charge on any atom is 0.137 e. The van der Waals surface area contributed by atoms with E-state index in [2.05, 4.69) is 50.5 Å². The van der Waals surface area contributed by atoms with E-state index in [1.165, 1.54) is 38.0 Å². The van der Waals surface area contributed by atoms with E-state index < -0.39 is 0 Å². The molecule has 0 bridgehead atoms. The van der Waals surface area contributed by atoms with Crippen molar-refractivity contribution in [1.29, 1.82) is 0 Å². The van der Waals surface area contributed by atoms with Crippen molar-refractivity contribution in [2.45, 2.75) is 31.7 Å². The topological polar surface area (TPSA) is 44.0 Å². The summed E-state index contributed by atoms with van der Waals surface area (Å²) >= 11 is 0. The molecule has 0 spiro atoms. The van der Waals surface area contributed by atoms with Gasteiger partial charge in [-0.2, -0.15) is 0 Å². The third-order valence-electron chi connectivity index (χ3n) is 4.55. The van der Waals surface area contributed by atoms with Gasteiger partial charge in [-0.25, -0.2) is 4.98 Å². The van der Waals surface area contributed by atoms with Gasteiger partial charge in [-0.15, -0.1) is 0 Å². The number of aromatic amines is 1. The zero-order valence-electron chi connectivity index (χ0n) is 12.8. The Bertz CT molecular complexity index is 707. The Morgan fingerprint density at radius 1 is 1.23 bits per heavy atom. The fourth-order valence-electron chi connectivity index (χ4n) is 3.34. The molecule has 1 aliphatic carbocycles. The number of fused-ring (bicyclic) bond motifs is 1. The molecule has 0 amide bonds. The van der Waals surface area contributed by atoms with Gasteiger partial charge in [0.15, 0.2) is 0 Å². The Hall–Kier alpha value is -2.23. The minimum Gasteiger partial charge on any atom is -0.377 e. The van der Waals surface area contributed by atoms with Crippen molar-refractivity contribution in [1.82, 2.24) is 14.9 Å². The van der Waals surface area contributed by atoms with Crippen LogP contribution in [0.2, 0.25) is 0 Å². The van der Waals surface area contributed by atoms with Crippen LogP contribution >= 0.6 is 0 Å². The van der Waals surface area contributed by atoms with Crippen molar-refractivity contribution >= 4 is 16.7 Å². The predicted molar refractivity (Wildman–Crippen MR) is 90.8 cm³/mol. The second kappa shape index (κ2) is 5.87. The minimum atomic E-state index is 0.353. The summed E-state index contributed by atoms with van der Waals surface area (Å²) in [7, 11) is 0. The average molecular weight is 294 g/mol. The van der Waals surface area contributed by atoms with Crippen LogP contribution in [0.3, 0.4) is 0 Å². The van der Waals surface area contributed by atoms with Gasteiger partial charge in [0.1, 0.15) is 5.65 Å². The highest BCUT2D eigenvalue weighted by Gasteiger charge is 2.15. The van der Waals surface area contributed by atoms with Gasteiger partial charge in [0.25, 0.3) is 0 Å². The smallest absolute Gasteiger partial charge is 0.137 e. The quantitative estimate of drug-likeness (QED) is 0.907. The number of allylic oxidation sites excluding steroid dienone is 1. The second-order valence-corrected chi connectivity index (χ2v) is 6.16. The normalized spacial score (nSPS) is 21.9. The van der Waals surface area contributed by atoms with Crippen molar-refractivity contribution in [3.05, 3.63) is 48.5 Å². The summed E-state index contributed by atoms with van der Waals surface area (Å²) in [6.07, 6.45) is 15.8. The Kier molecular flexibility index (Phi) is 3.59. The van der Waals surface area contributed by atoms with Gasteiger partial charge >= 0.3 is 0 Å². The number of anilines is 1. The first kappa shape index (κ1) is 13.4. The van der Waals surface area contributed by atoms with Crippen molar-refractivity contribution in [3.63, 3.8) is 0 Å². The lowest BCUT2D eigenvalue weighted by molar-refractivity contribution is 0.291. The zero-order valence-corrected chi connectivity index (χ0v) is 12.8. The molecule has 1 atom stereocenters. The first-order valence-electron chi connectivity index (χ1n) is 8.21. The number of nitrogens with one attached hydrogen (secondary N) is 2. The minimum absolute atomic E-state index is 0.353. The average Bonchev–Trinajstić information content (AvgIpc) is 3.04. The van der Waals surface area contributed by atoms with Gasteiger partial charge in [0.2, 0.25) is 0 Å². The van der Waals surface area contributed by atoms with Crippen LogP contribution in [0.25, 0.3) is 11.0 Å². The number of pyridine rings is 1. The fraction of sp³-hybridized carbons (Fsp3) is 0.389. The molecule has 114 valence electrons. The molecule has 2 N–H and O–H groups in total. The lowest BCUT2D eigenvalue weighted by atomic mass is 10.0. The van der Waals surface area contributed by atoms with Gasteiger partial charge in [-0.1, -0.05) is 12.2 Å². The van der Waals surface area contributed by atoms with E-state index in [4.69, 9.17) is 0 Å². The molecule has 0 aromatic carbocycles. The molecule has 0 radical (unpaired) electrons. The Morgan fingerprint density at radius 3 is 2.95 bits per heavy atom. The molecule has 1 saturated heterocycles. The molecule has 2 aromatic rings. The molecule has 2 aliphatic rings. The van der Waals surface area contributed by atoms with Gasteiger partial charge < -0.3 is 15.2 Å². The Balaban J connectivity index is 1.40. The fourth-order valence-corrected chi connectivity index (χ4v) is 3.34. The van der Waals surface area contributed by atoms with Crippen molar-refractivity contribution in [2.24, 2.45) is 0 Å². The molecule has 3 heterocycles. The molecule has 22 heavy (non-hydrogen) atoms. The van der Waals surface area contributed by atoms with Crippen LogP contribution in [0.15, 0.2) is 48.5 Å². The molecule has 1 fully saturated rings. The number of piperidine rings is 1. The first-order chi connectivity index (χ1) is 10.9. The molecule has 4 heteroatoms. The van der Waals surface area contributed by atoms with Gasteiger partial charge in [0, 0.05) is 36.4 Å². The standard InChI is InChI=1S/C18H22N4/c1-2-10-22(11-3-1)17-6-4-15(5-7-17)21-16-12-14-8-9-19-18(14)20-13-16/h4,6-9,12-13,15,21H,1-3,5,10-11H2,(H,19,20). The van der Waals surface area contributed by atoms with Crippen LogP contribution in [0.5, 0.6) is 0 Å². The Morgan fingerprint density at radius 2 is 2.14 bits per heavy atom. The molecule has 1 aliphatic heterocycles. The predicted octanol–water partition coefficient (Wildman–Crippen LogP) is 3.67. The van der Waals surface area contributed by atoms with E-state index in [1.54, 1.807) is 0 Å². The molecule has 1 unspecified atom stereocenters. The highest BCUT2D eigenvalue weighted by molar-refractivity contribution is 5.78. The lowest BCUT2D eigenvalue weighted by Crippen LogP contribution is -2.30. The van der Waals surface area contributed by atoms with E-state index in [1.807, 2.05) is 12.4 Å². The highest BCUT2D eigenvalue weighted by Crippen LogP contribution is 2.22. The van der Waals surface area contributed by atoms with Crippen LogP contribution in [0, 0.1) is 0 Å². The number of rotatable bonds is 3. The van der Waals surface area contributed by atoms with Crippen LogP contribution < -0.4 is 5.32 Å². The number of aromatic nitrogens is 2. The van der Waals surface area contributed by atoms with E-state index in [0.717, 1.165) is 23.1 Å². The molecular formula is C18H22N4. The van der Waals surface area contributed by atoms with Crippen molar-refractivity contribution in [3.8, 4) is 0 Å². The molecule has 4 nitrogen and oxygen atoms in total. The summed E-state index contributed by atoms with van der Waals surface area (Å²) < 4.78 is 0. The van der Waals surface area contributed by atoms with Gasteiger partial charge in [-0.05, 0) is 43.9 Å². The van der Waals surface area contributed by atoms with Crippen LogP contribution in [0.4, 0.5) is 5.69 Å². The van der Waals surface area contributed by atoms with E-state index in [-0.39, 0.29) is 0 Å².